The van der Waals surface area contributed by atoms with Gasteiger partial charge in [0.2, 0.25) is 11.8 Å². The fraction of sp³-hybridized carbons (Fsp3) is 0.688. The lowest BCUT2D eigenvalue weighted by Crippen LogP contribution is -2.52. The van der Waals surface area contributed by atoms with Crippen LogP contribution in [0.15, 0.2) is 10.6 Å². The van der Waals surface area contributed by atoms with E-state index in [1.165, 1.54) is 0 Å². The second kappa shape index (κ2) is 11.5. The highest BCUT2D eigenvalue weighted by Gasteiger charge is 2.25. The standard InChI is InChI=1S/C16H25N5O4.2ClH/c1-12-8-14(19-25-12)18-15(22)10-20-3-5-21(6-4-20)16(23)9-13-11-24-7-2-17-13;;/h8,13,17H,2-7,9-11H2,1H3,(H,18,19,22);2*1H. The maximum absolute atomic E-state index is 12.4. The topological polar surface area (TPSA) is 99.9 Å². The Kier molecular flexibility index (Phi) is 10.0. The normalized spacial score (nSPS) is 20.3. The van der Waals surface area contributed by atoms with Crippen molar-refractivity contribution in [3.8, 4) is 0 Å². The van der Waals surface area contributed by atoms with Gasteiger partial charge in [-0.15, -0.1) is 24.8 Å². The molecule has 1 unspecified atom stereocenters. The molecule has 0 aliphatic carbocycles. The lowest BCUT2D eigenvalue weighted by atomic mass is 10.1. The highest BCUT2D eigenvalue weighted by atomic mass is 35.5. The van der Waals surface area contributed by atoms with E-state index in [1.807, 2.05) is 9.80 Å². The summed E-state index contributed by atoms with van der Waals surface area (Å²) < 4.78 is 10.3. The Morgan fingerprint density at radius 1 is 1.30 bits per heavy atom. The third-order valence-electron chi connectivity index (χ3n) is 4.41. The molecule has 0 spiro atoms. The zero-order valence-electron chi connectivity index (χ0n) is 15.3. The predicted molar refractivity (Wildman–Crippen MR) is 105 cm³/mol. The van der Waals surface area contributed by atoms with Gasteiger partial charge in [-0.25, -0.2) is 0 Å². The molecule has 9 nitrogen and oxygen atoms in total. The minimum absolute atomic E-state index is 0. The highest BCUT2D eigenvalue weighted by molar-refractivity contribution is 5.91. The number of nitrogens with zero attached hydrogens (tertiary/aromatic N) is 3. The summed E-state index contributed by atoms with van der Waals surface area (Å²) in [4.78, 5) is 28.3. The smallest absolute Gasteiger partial charge is 0.239 e. The first-order chi connectivity index (χ1) is 12.1. The molecule has 2 aliphatic heterocycles. The van der Waals surface area contributed by atoms with E-state index in [9.17, 15) is 9.59 Å². The summed E-state index contributed by atoms with van der Waals surface area (Å²) >= 11 is 0. The predicted octanol–water partition coefficient (Wildman–Crippen LogP) is 0.288. The number of carbonyl (C=O) groups excluding carboxylic acids is 2. The number of hydrogen-bond acceptors (Lipinski definition) is 7. The summed E-state index contributed by atoms with van der Waals surface area (Å²) in [5, 5.41) is 9.75. The molecule has 154 valence electrons. The third kappa shape index (κ3) is 7.27. The molecule has 0 saturated carbocycles. The van der Waals surface area contributed by atoms with Gasteiger partial charge in [-0.2, -0.15) is 0 Å². The molecule has 2 amide bonds. The largest absolute Gasteiger partial charge is 0.378 e. The van der Waals surface area contributed by atoms with Gasteiger partial charge >= 0.3 is 0 Å². The molecule has 0 bridgehead atoms. The van der Waals surface area contributed by atoms with E-state index in [2.05, 4.69) is 15.8 Å². The molecule has 1 atom stereocenters. The van der Waals surface area contributed by atoms with E-state index >= 15 is 0 Å². The number of nitrogens with one attached hydrogen (secondary N) is 2. The minimum atomic E-state index is -0.128. The van der Waals surface area contributed by atoms with Crippen LogP contribution < -0.4 is 10.6 Å². The molecule has 2 N–H and O–H groups in total. The molecule has 2 fully saturated rings. The van der Waals surface area contributed by atoms with E-state index in [0.717, 1.165) is 6.54 Å². The zero-order chi connectivity index (χ0) is 17.6. The number of ether oxygens (including phenoxy) is 1. The number of aryl methyl sites for hydroxylation is 1. The number of rotatable bonds is 5. The second-order valence-corrected chi connectivity index (χ2v) is 6.46. The molecule has 0 radical (unpaired) electrons. The van der Waals surface area contributed by atoms with Gasteiger partial charge in [-0.1, -0.05) is 5.16 Å². The summed E-state index contributed by atoms with van der Waals surface area (Å²) in [5.41, 5.74) is 0. The SMILES string of the molecule is Cc1cc(NC(=O)CN2CCN(C(=O)CC3COCCN3)CC2)no1.Cl.Cl. The number of carbonyl (C=O) groups is 2. The van der Waals surface area contributed by atoms with Crippen molar-refractivity contribution in [2.45, 2.75) is 19.4 Å². The van der Waals surface area contributed by atoms with Crippen LogP contribution in [-0.4, -0.2) is 85.3 Å². The molecular formula is C16H27Cl2N5O4. The average molecular weight is 424 g/mol. The number of anilines is 1. The van der Waals surface area contributed by atoms with E-state index in [-0.39, 0.29) is 49.2 Å². The van der Waals surface area contributed by atoms with Gasteiger partial charge in [0, 0.05) is 51.3 Å². The van der Waals surface area contributed by atoms with Crippen molar-refractivity contribution < 1.29 is 18.8 Å². The summed E-state index contributed by atoms with van der Waals surface area (Å²) in [7, 11) is 0. The van der Waals surface area contributed by atoms with Crippen LogP contribution in [0.4, 0.5) is 5.82 Å². The van der Waals surface area contributed by atoms with Crippen molar-refractivity contribution in [3.63, 3.8) is 0 Å². The molecule has 3 heterocycles. The number of aromatic nitrogens is 1. The first-order valence-electron chi connectivity index (χ1n) is 8.64. The Balaban J connectivity index is 0.00000182. The van der Waals surface area contributed by atoms with Crippen molar-refractivity contribution in [2.24, 2.45) is 0 Å². The van der Waals surface area contributed by atoms with Crippen LogP contribution in [0.5, 0.6) is 0 Å². The van der Waals surface area contributed by atoms with E-state index in [4.69, 9.17) is 9.26 Å². The van der Waals surface area contributed by atoms with Gasteiger partial charge in [0.1, 0.15) is 5.76 Å². The molecule has 0 aromatic carbocycles. The first-order valence-corrected chi connectivity index (χ1v) is 8.64. The number of piperazine rings is 1. The highest BCUT2D eigenvalue weighted by Crippen LogP contribution is 2.09. The molecule has 3 rings (SSSR count). The third-order valence-corrected chi connectivity index (χ3v) is 4.41. The number of morpholine rings is 1. The fourth-order valence-corrected chi connectivity index (χ4v) is 3.06. The van der Waals surface area contributed by atoms with Gasteiger partial charge in [0.15, 0.2) is 5.82 Å². The zero-order valence-corrected chi connectivity index (χ0v) is 16.9. The van der Waals surface area contributed by atoms with Crippen LogP contribution in [0.3, 0.4) is 0 Å². The molecule has 1 aromatic rings. The van der Waals surface area contributed by atoms with Gasteiger partial charge in [-0.3, -0.25) is 14.5 Å². The lowest BCUT2D eigenvalue weighted by Gasteiger charge is -2.35. The quantitative estimate of drug-likeness (QED) is 0.701. The monoisotopic (exact) mass is 423 g/mol. The summed E-state index contributed by atoms with van der Waals surface area (Å²) in [6, 6.07) is 1.79. The molecular weight excluding hydrogens is 397 g/mol. The molecule has 2 aliphatic rings. The van der Waals surface area contributed by atoms with E-state index in [0.29, 0.717) is 57.4 Å². The van der Waals surface area contributed by atoms with Crippen LogP contribution >= 0.6 is 24.8 Å². The van der Waals surface area contributed by atoms with Crippen LogP contribution in [0.2, 0.25) is 0 Å². The van der Waals surface area contributed by atoms with Crippen LogP contribution in [0.25, 0.3) is 0 Å². The first kappa shape index (κ1) is 23.6. The molecule has 2 saturated heterocycles. The van der Waals surface area contributed by atoms with Gasteiger partial charge in [0.05, 0.1) is 19.8 Å². The van der Waals surface area contributed by atoms with E-state index < -0.39 is 0 Å². The van der Waals surface area contributed by atoms with Gasteiger partial charge < -0.3 is 24.8 Å². The van der Waals surface area contributed by atoms with Crippen molar-refractivity contribution in [3.05, 3.63) is 11.8 Å². The summed E-state index contributed by atoms with van der Waals surface area (Å²) in [6.07, 6.45) is 0.464. The summed E-state index contributed by atoms with van der Waals surface area (Å²) in [6.45, 7) is 6.81. The number of halogens is 2. The van der Waals surface area contributed by atoms with E-state index in [1.54, 1.807) is 13.0 Å². The van der Waals surface area contributed by atoms with Crippen molar-refractivity contribution in [1.82, 2.24) is 20.3 Å². The Morgan fingerprint density at radius 2 is 2.04 bits per heavy atom. The fourth-order valence-electron chi connectivity index (χ4n) is 3.06. The average Bonchev–Trinajstić information content (AvgIpc) is 3.01. The number of amides is 2. The lowest BCUT2D eigenvalue weighted by molar-refractivity contribution is -0.134. The maximum Gasteiger partial charge on any atom is 0.239 e. The van der Waals surface area contributed by atoms with Crippen LogP contribution in [0.1, 0.15) is 12.2 Å². The maximum atomic E-state index is 12.4. The van der Waals surface area contributed by atoms with Crippen LogP contribution in [-0.2, 0) is 14.3 Å². The van der Waals surface area contributed by atoms with Crippen molar-refractivity contribution in [2.75, 3.05) is 57.8 Å². The Hall–Kier alpha value is -1.39. The van der Waals surface area contributed by atoms with Gasteiger partial charge in [0.25, 0.3) is 0 Å². The minimum Gasteiger partial charge on any atom is -0.378 e. The Labute approximate surface area is 170 Å². The number of hydrogen-bond donors (Lipinski definition) is 2. The molecule has 1 aromatic heterocycles. The Bertz CT molecular complexity index is 601. The van der Waals surface area contributed by atoms with Crippen LogP contribution in [0, 0.1) is 6.92 Å². The van der Waals surface area contributed by atoms with Crippen molar-refractivity contribution >= 4 is 42.4 Å². The van der Waals surface area contributed by atoms with Crippen molar-refractivity contribution in [1.29, 1.82) is 0 Å². The Morgan fingerprint density at radius 3 is 2.63 bits per heavy atom. The molecule has 27 heavy (non-hydrogen) atoms. The van der Waals surface area contributed by atoms with Gasteiger partial charge in [-0.05, 0) is 6.92 Å². The second-order valence-electron chi connectivity index (χ2n) is 6.46. The molecule has 11 heteroatoms. The summed E-state index contributed by atoms with van der Waals surface area (Å²) in [5.74, 6) is 1.10.